The second kappa shape index (κ2) is 10.8. The van der Waals surface area contributed by atoms with Gasteiger partial charge in [0.1, 0.15) is 11.3 Å². The molecule has 10 rings (SSSR count). The molecule has 4 saturated carbocycles. The molecule has 4 aromatic carbocycles. The van der Waals surface area contributed by atoms with E-state index in [1.807, 2.05) is 30.3 Å². The van der Waals surface area contributed by atoms with E-state index in [-0.39, 0.29) is 16.4 Å². The highest BCUT2D eigenvalue weighted by Crippen LogP contribution is 2.61. The third-order valence-corrected chi connectivity index (χ3v) is 11.4. The van der Waals surface area contributed by atoms with Gasteiger partial charge in [0.25, 0.3) is 0 Å². The number of hydrogen-bond acceptors (Lipinski definition) is 3. The Morgan fingerprint density at radius 3 is 2.17 bits per heavy atom. The molecule has 0 radical (unpaired) electrons. The van der Waals surface area contributed by atoms with Gasteiger partial charge < -0.3 is 9.52 Å². The molecule has 1 heterocycles. The normalized spacial score (nSPS) is 23.0. The van der Waals surface area contributed by atoms with Crippen molar-refractivity contribution in [2.24, 2.45) is 17.8 Å². The summed E-state index contributed by atoms with van der Waals surface area (Å²) in [5.41, 5.74) is 9.71. The first-order valence-electron chi connectivity index (χ1n) is 16.9. The van der Waals surface area contributed by atoms with Gasteiger partial charge in [-0.1, -0.05) is 72.8 Å². The molecule has 0 atom stereocenters. The molecule has 0 spiro atoms. The van der Waals surface area contributed by atoms with Crippen molar-refractivity contribution < 1.29 is 14.3 Å². The second-order valence-electron chi connectivity index (χ2n) is 14.4. The fourth-order valence-corrected chi connectivity index (χ4v) is 9.91. The zero-order chi connectivity index (χ0) is 31.7. The molecule has 5 aliphatic carbocycles. The Hall–Kier alpha value is -4.96. The van der Waals surface area contributed by atoms with Crippen LogP contribution in [-0.2, 0) is 11.8 Å². The van der Waals surface area contributed by atoms with Crippen molar-refractivity contribution in [2.45, 2.75) is 50.4 Å². The number of aromatic carboxylic acids is 1. The molecule has 4 heteroatoms. The number of fused-ring (bicyclic) bond motifs is 2. The summed E-state index contributed by atoms with van der Waals surface area (Å²) in [7, 11) is 0. The van der Waals surface area contributed by atoms with Crippen LogP contribution >= 0.6 is 0 Å². The third kappa shape index (κ3) is 4.81. The smallest absolute Gasteiger partial charge is 0.336 e. The van der Waals surface area contributed by atoms with Crippen LogP contribution in [0.25, 0.3) is 44.5 Å². The summed E-state index contributed by atoms with van der Waals surface area (Å²) in [6, 6.07) is 36.0. The quantitative estimate of drug-likeness (QED) is 0.189. The largest absolute Gasteiger partial charge is 0.478 e. The first kappa shape index (κ1) is 28.3. The number of carbonyl (C=O) groups is 1. The van der Waals surface area contributed by atoms with E-state index >= 15 is 0 Å². The first-order valence-corrected chi connectivity index (χ1v) is 16.9. The first-order chi connectivity index (χ1) is 22.9. The van der Waals surface area contributed by atoms with E-state index in [0.717, 1.165) is 51.8 Å². The van der Waals surface area contributed by atoms with Crippen molar-refractivity contribution in [3.8, 4) is 33.6 Å². The van der Waals surface area contributed by atoms with E-state index in [4.69, 9.17) is 4.42 Å². The van der Waals surface area contributed by atoms with E-state index < -0.39 is 5.97 Å². The summed E-state index contributed by atoms with van der Waals surface area (Å²) in [6.45, 7) is 0. The Balaban J connectivity index is 1.26. The fourth-order valence-electron chi connectivity index (χ4n) is 9.91. The molecule has 4 fully saturated rings. The van der Waals surface area contributed by atoms with Gasteiger partial charge in [0.05, 0.1) is 5.56 Å². The van der Waals surface area contributed by atoms with Crippen molar-refractivity contribution in [1.82, 2.24) is 0 Å². The number of carboxylic acids is 1. The van der Waals surface area contributed by atoms with E-state index in [2.05, 4.69) is 54.6 Å². The average molecular weight is 617 g/mol. The van der Waals surface area contributed by atoms with E-state index in [0.29, 0.717) is 16.9 Å². The second-order valence-corrected chi connectivity index (χ2v) is 14.4. The van der Waals surface area contributed by atoms with Crippen LogP contribution in [0.5, 0.6) is 0 Å². The number of rotatable bonds is 6. The topological polar surface area (TPSA) is 67.5 Å². The molecule has 1 N–H and O–H groups in total. The van der Waals surface area contributed by atoms with Crippen LogP contribution in [0.3, 0.4) is 0 Å². The van der Waals surface area contributed by atoms with E-state index in [9.17, 15) is 14.7 Å². The fraction of sp³-hybridized carbons (Fsp3) is 0.256. The van der Waals surface area contributed by atoms with Crippen LogP contribution < -0.4 is 5.43 Å². The van der Waals surface area contributed by atoms with Gasteiger partial charge >= 0.3 is 5.97 Å². The minimum atomic E-state index is -0.972. The Bertz CT molecular complexity index is 2170. The Morgan fingerprint density at radius 1 is 0.723 bits per heavy atom. The molecule has 0 unspecified atom stereocenters. The number of hydrogen-bond donors (Lipinski definition) is 1. The van der Waals surface area contributed by atoms with Crippen LogP contribution in [0.15, 0.2) is 118 Å². The van der Waals surface area contributed by atoms with Gasteiger partial charge in [-0.15, -0.1) is 0 Å². The molecule has 4 bridgehead atoms. The lowest BCUT2D eigenvalue weighted by molar-refractivity contribution is -0.00551. The third-order valence-electron chi connectivity index (χ3n) is 11.4. The van der Waals surface area contributed by atoms with Gasteiger partial charge in [0, 0.05) is 22.6 Å². The van der Waals surface area contributed by atoms with Gasteiger partial charge in [0.15, 0.2) is 5.43 Å². The van der Waals surface area contributed by atoms with Gasteiger partial charge in [0.2, 0.25) is 0 Å². The summed E-state index contributed by atoms with van der Waals surface area (Å²) < 4.78 is 6.44. The van der Waals surface area contributed by atoms with Gasteiger partial charge in [-0.25, -0.2) is 4.79 Å². The highest BCUT2D eigenvalue weighted by atomic mass is 16.4. The van der Waals surface area contributed by atoms with Crippen LogP contribution in [0.4, 0.5) is 0 Å². The van der Waals surface area contributed by atoms with Crippen LogP contribution in [0.1, 0.15) is 65.6 Å². The molecular formula is C43H36O4. The number of carboxylic acid groups (broad SMARTS) is 1. The molecule has 0 saturated heterocycles. The van der Waals surface area contributed by atoms with Crippen LogP contribution in [-0.4, -0.2) is 11.1 Å². The standard InChI is InChI=1S/C43H36O4/c44-33-13-15-37-40(22-33)47-39-21-30(34-8-4-5-9-35(34)42(45)46)12-14-36(39)41(37)32-11-10-31(19-26-6-2-1-3-7-26)38(20-32)43-23-27-16-28(24-43)18-29(17-27)25-43/h1-15,20-22,27-29H,16-19,23-25H2,(H,45,46). The van der Waals surface area contributed by atoms with E-state index in [1.54, 1.807) is 24.3 Å². The van der Waals surface area contributed by atoms with Crippen molar-refractivity contribution in [1.29, 1.82) is 0 Å². The summed E-state index contributed by atoms with van der Waals surface area (Å²) in [5.74, 6) is 2.05. The Morgan fingerprint density at radius 2 is 1.43 bits per heavy atom. The zero-order valence-electron chi connectivity index (χ0n) is 26.2. The summed E-state index contributed by atoms with van der Waals surface area (Å²) in [6.07, 6.45) is 8.94. The molecule has 0 aromatic heterocycles. The van der Waals surface area contributed by atoms with Crippen molar-refractivity contribution in [2.75, 3.05) is 0 Å². The molecule has 1 aliphatic heterocycles. The average Bonchev–Trinajstić information content (AvgIpc) is 3.07. The monoisotopic (exact) mass is 616 g/mol. The lowest BCUT2D eigenvalue weighted by atomic mass is 9.47. The minimum absolute atomic E-state index is 0.105. The zero-order valence-corrected chi connectivity index (χ0v) is 26.2. The van der Waals surface area contributed by atoms with Crippen molar-refractivity contribution in [3.05, 3.63) is 142 Å². The van der Waals surface area contributed by atoms with Crippen molar-refractivity contribution in [3.63, 3.8) is 0 Å². The molecule has 47 heavy (non-hydrogen) atoms. The van der Waals surface area contributed by atoms with Crippen LogP contribution in [0.2, 0.25) is 0 Å². The maximum atomic E-state index is 12.6. The highest BCUT2D eigenvalue weighted by Gasteiger charge is 2.52. The highest BCUT2D eigenvalue weighted by molar-refractivity contribution is 6.04. The summed E-state index contributed by atoms with van der Waals surface area (Å²) in [4.78, 5) is 24.6. The lowest BCUT2D eigenvalue weighted by Gasteiger charge is -2.57. The SMILES string of the molecule is O=C(O)c1ccccc1-c1ccc2c(-c3ccc(Cc4ccccc4)c(C45CC6CC(CC(C6)C4)C5)c3)c3ccc(=O)cc-3oc2c1. The predicted molar refractivity (Wildman–Crippen MR) is 186 cm³/mol. The Labute approximate surface area is 274 Å². The van der Waals surface area contributed by atoms with E-state index in [1.165, 1.54) is 55.2 Å². The van der Waals surface area contributed by atoms with Crippen molar-refractivity contribution >= 4 is 16.9 Å². The summed E-state index contributed by atoms with van der Waals surface area (Å²) in [5, 5.41) is 10.8. The molecular weight excluding hydrogens is 580 g/mol. The maximum absolute atomic E-state index is 12.6. The molecule has 6 aliphatic rings. The van der Waals surface area contributed by atoms with Gasteiger partial charge in [-0.3, -0.25) is 4.79 Å². The minimum Gasteiger partial charge on any atom is -0.478 e. The van der Waals surface area contributed by atoms with Crippen LogP contribution in [0, 0.1) is 17.8 Å². The molecule has 232 valence electrons. The lowest BCUT2D eigenvalue weighted by Crippen LogP contribution is -2.49. The van der Waals surface area contributed by atoms with Gasteiger partial charge in [-0.2, -0.15) is 0 Å². The Kier molecular flexibility index (Phi) is 6.50. The molecule has 4 aromatic rings. The van der Waals surface area contributed by atoms with Gasteiger partial charge in [-0.05, 0) is 132 Å². The maximum Gasteiger partial charge on any atom is 0.336 e. The predicted octanol–water partition coefficient (Wildman–Crippen LogP) is 9.99. The molecule has 4 nitrogen and oxygen atoms in total. The number of benzene rings is 5. The molecule has 0 amide bonds. The summed E-state index contributed by atoms with van der Waals surface area (Å²) >= 11 is 0.